The first-order valence-electron chi connectivity index (χ1n) is 12.6. The fraction of sp³-hybridized carbons (Fsp3) is 0.654. The second-order valence-corrected chi connectivity index (χ2v) is 10.3. The van der Waals surface area contributed by atoms with Crippen molar-refractivity contribution >= 4 is 29.3 Å². The van der Waals surface area contributed by atoms with E-state index >= 15 is 0 Å². The van der Waals surface area contributed by atoms with Crippen molar-refractivity contribution in [2.75, 3.05) is 39.3 Å². The van der Waals surface area contributed by atoms with Crippen molar-refractivity contribution in [1.29, 1.82) is 0 Å². The molecule has 0 bridgehead atoms. The van der Waals surface area contributed by atoms with Crippen LogP contribution in [0.4, 0.5) is 0 Å². The highest BCUT2D eigenvalue weighted by molar-refractivity contribution is 6.30. The Bertz CT molecular complexity index is 881. The van der Waals surface area contributed by atoms with E-state index in [1.54, 1.807) is 13.0 Å². The summed E-state index contributed by atoms with van der Waals surface area (Å²) in [5.41, 5.74) is 0. The molecular formula is C26H36ClN3O4. The molecular weight excluding hydrogens is 454 g/mol. The molecule has 34 heavy (non-hydrogen) atoms. The fourth-order valence-electron chi connectivity index (χ4n) is 5.47. The van der Waals surface area contributed by atoms with E-state index in [2.05, 4.69) is 0 Å². The highest BCUT2D eigenvalue weighted by Crippen LogP contribution is 2.30. The number of hydrogen-bond acceptors (Lipinski definition) is 4. The molecule has 3 heterocycles. The number of likely N-dealkylation sites (tertiary alicyclic amines) is 3. The van der Waals surface area contributed by atoms with E-state index in [4.69, 9.17) is 16.3 Å². The molecule has 0 spiro atoms. The predicted molar refractivity (Wildman–Crippen MR) is 131 cm³/mol. The Balaban J connectivity index is 1.42. The van der Waals surface area contributed by atoms with Crippen LogP contribution in [0.25, 0.3) is 0 Å². The van der Waals surface area contributed by atoms with Crippen LogP contribution in [0.1, 0.15) is 51.9 Å². The van der Waals surface area contributed by atoms with Crippen LogP contribution >= 0.6 is 11.6 Å². The summed E-state index contributed by atoms with van der Waals surface area (Å²) in [6.45, 7) is 5.64. The molecule has 2 atom stereocenters. The Kier molecular flexibility index (Phi) is 8.35. The summed E-state index contributed by atoms with van der Waals surface area (Å²) in [5.74, 6) is 0.960. The minimum atomic E-state index is -0.143. The Morgan fingerprint density at radius 1 is 0.941 bits per heavy atom. The van der Waals surface area contributed by atoms with Gasteiger partial charge in [-0.1, -0.05) is 17.7 Å². The molecule has 0 saturated carbocycles. The van der Waals surface area contributed by atoms with Crippen molar-refractivity contribution in [2.45, 2.75) is 58.0 Å². The molecule has 7 nitrogen and oxygen atoms in total. The van der Waals surface area contributed by atoms with E-state index in [0.717, 1.165) is 25.9 Å². The van der Waals surface area contributed by atoms with Gasteiger partial charge in [0.15, 0.2) is 0 Å². The number of carbonyl (C=O) groups excluding carboxylic acids is 3. The van der Waals surface area contributed by atoms with Crippen molar-refractivity contribution in [2.24, 2.45) is 11.8 Å². The third-order valence-corrected chi connectivity index (χ3v) is 7.73. The minimum absolute atomic E-state index is 0.0561. The molecule has 1 aromatic rings. The number of carbonyl (C=O) groups is 3. The first kappa shape index (κ1) is 24.8. The van der Waals surface area contributed by atoms with Gasteiger partial charge in [0.1, 0.15) is 11.9 Å². The summed E-state index contributed by atoms with van der Waals surface area (Å²) in [4.78, 5) is 43.8. The monoisotopic (exact) mass is 489 g/mol. The third-order valence-electron chi connectivity index (χ3n) is 7.49. The second kappa shape index (κ2) is 11.4. The summed E-state index contributed by atoms with van der Waals surface area (Å²) in [5, 5.41) is 0.614. The standard InChI is InChI=1S/C26H36ClN3O4/c1-19(31)28-13-8-20(9-14-28)26(33)30-15-10-24(34-23-7-5-6-22(27)17-23)21(18-30)16-25(32)29-11-3-2-4-12-29/h5-7,17,20-21,24H,2-4,8-16,18H2,1H3/t21-,24-/m0/s1. The summed E-state index contributed by atoms with van der Waals surface area (Å²) in [7, 11) is 0. The smallest absolute Gasteiger partial charge is 0.225 e. The number of amides is 3. The van der Waals surface area contributed by atoms with Gasteiger partial charge in [0.25, 0.3) is 0 Å². The number of rotatable bonds is 5. The zero-order valence-electron chi connectivity index (χ0n) is 20.1. The molecule has 4 rings (SSSR count). The average molecular weight is 490 g/mol. The molecule has 3 aliphatic heterocycles. The Labute approximate surface area is 207 Å². The predicted octanol–water partition coefficient (Wildman–Crippen LogP) is 3.60. The maximum absolute atomic E-state index is 13.3. The zero-order valence-corrected chi connectivity index (χ0v) is 20.8. The van der Waals surface area contributed by atoms with Gasteiger partial charge in [-0.2, -0.15) is 0 Å². The van der Waals surface area contributed by atoms with Crippen LogP contribution < -0.4 is 4.74 Å². The van der Waals surface area contributed by atoms with Gasteiger partial charge in [0.2, 0.25) is 17.7 Å². The van der Waals surface area contributed by atoms with Gasteiger partial charge in [-0.3, -0.25) is 14.4 Å². The number of nitrogens with zero attached hydrogens (tertiary/aromatic N) is 3. The van der Waals surface area contributed by atoms with Crippen molar-refractivity contribution in [3.05, 3.63) is 29.3 Å². The highest BCUT2D eigenvalue weighted by Gasteiger charge is 2.38. The molecule has 3 saturated heterocycles. The summed E-state index contributed by atoms with van der Waals surface area (Å²) < 4.78 is 6.31. The molecule has 0 unspecified atom stereocenters. The number of piperidine rings is 3. The minimum Gasteiger partial charge on any atom is -0.490 e. The molecule has 186 valence electrons. The molecule has 0 radical (unpaired) electrons. The molecule has 3 fully saturated rings. The molecule has 3 amide bonds. The average Bonchev–Trinajstić information content (AvgIpc) is 2.85. The van der Waals surface area contributed by atoms with Gasteiger partial charge in [-0.25, -0.2) is 0 Å². The van der Waals surface area contributed by atoms with Gasteiger partial charge < -0.3 is 19.4 Å². The van der Waals surface area contributed by atoms with Crippen LogP contribution in [0.15, 0.2) is 24.3 Å². The van der Waals surface area contributed by atoms with E-state index in [1.807, 2.05) is 32.9 Å². The molecule has 8 heteroatoms. The Hall–Kier alpha value is -2.28. The zero-order chi connectivity index (χ0) is 24.1. The number of hydrogen-bond donors (Lipinski definition) is 0. The van der Waals surface area contributed by atoms with Crippen molar-refractivity contribution in [3.8, 4) is 5.75 Å². The van der Waals surface area contributed by atoms with E-state index in [1.165, 1.54) is 6.42 Å². The fourth-order valence-corrected chi connectivity index (χ4v) is 5.65. The van der Waals surface area contributed by atoms with Gasteiger partial charge in [-0.05, 0) is 50.3 Å². The van der Waals surface area contributed by atoms with Crippen LogP contribution in [-0.4, -0.2) is 77.8 Å². The largest absolute Gasteiger partial charge is 0.490 e. The molecule has 0 aromatic heterocycles. The Morgan fingerprint density at radius 3 is 2.32 bits per heavy atom. The lowest BCUT2D eigenvalue weighted by Crippen LogP contribution is -2.52. The van der Waals surface area contributed by atoms with Crippen LogP contribution in [0.3, 0.4) is 0 Å². The van der Waals surface area contributed by atoms with Gasteiger partial charge in [0.05, 0.1) is 0 Å². The lowest BCUT2D eigenvalue weighted by Gasteiger charge is -2.41. The maximum Gasteiger partial charge on any atom is 0.225 e. The third kappa shape index (κ3) is 6.23. The van der Waals surface area contributed by atoms with Gasteiger partial charge >= 0.3 is 0 Å². The van der Waals surface area contributed by atoms with Crippen LogP contribution in [0.5, 0.6) is 5.75 Å². The second-order valence-electron chi connectivity index (χ2n) is 9.87. The topological polar surface area (TPSA) is 70.2 Å². The first-order valence-corrected chi connectivity index (χ1v) is 13.0. The maximum atomic E-state index is 13.3. The number of ether oxygens (including phenoxy) is 1. The summed E-state index contributed by atoms with van der Waals surface area (Å²) >= 11 is 6.15. The van der Waals surface area contributed by atoms with Gasteiger partial charge in [-0.15, -0.1) is 0 Å². The lowest BCUT2D eigenvalue weighted by atomic mass is 9.88. The van der Waals surface area contributed by atoms with Crippen LogP contribution in [0.2, 0.25) is 5.02 Å². The SMILES string of the molecule is CC(=O)N1CCC(C(=O)N2CC[C@H](Oc3cccc(Cl)c3)[C@@H](CC(=O)N3CCCCC3)C2)CC1. The van der Waals surface area contributed by atoms with Crippen molar-refractivity contribution < 1.29 is 19.1 Å². The summed E-state index contributed by atoms with van der Waals surface area (Å²) in [6.07, 6.45) is 5.63. The van der Waals surface area contributed by atoms with E-state index in [-0.39, 0.29) is 35.7 Å². The van der Waals surface area contributed by atoms with E-state index in [0.29, 0.717) is 62.6 Å². The Morgan fingerprint density at radius 2 is 1.65 bits per heavy atom. The quantitative estimate of drug-likeness (QED) is 0.633. The highest BCUT2D eigenvalue weighted by atomic mass is 35.5. The molecule has 0 aliphatic carbocycles. The molecule has 3 aliphatic rings. The summed E-state index contributed by atoms with van der Waals surface area (Å²) in [6, 6.07) is 7.35. The lowest BCUT2D eigenvalue weighted by molar-refractivity contribution is -0.144. The van der Waals surface area contributed by atoms with Crippen molar-refractivity contribution in [1.82, 2.24) is 14.7 Å². The molecule has 0 N–H and O–H groups in total. The normalized spacial score (nSPS) is 24.1. The van der Waals surface area contributed by atoms with E-state index in [9.17, 15) is 14.4 Å². The van der Waals surface area contributed by atoms with Crippen LogP contribution in [-0.2, 0) is 14.4 Å². The van der Waals surface area contributed by atoms with E-state index < -0.39 is 0 Å². The van der Waals surface area contributed by atoms with Crippen molar-refractivity contribution in [3.63, 3.8) is 0 Å². The van der Waals surface area contributed by atoms with Gasteiger partial charge in [0, 0.05) is 75.9 Å². The van der Waals surface area contributed by atoms with Crippen LogP contribution in [0, 0.1) is 11.8 Å². The first-order chi connectivity index (χ1) is 16.4. The number of benzene rings is 1. The number of halogens is 1. The molecule has 1 aromatic carbocycles.